The highest BCUT2D eigenvalue weighted by Gasteiger charge is 2.09. The summed E-state index contributed by atoms with van der Waals surface area (Å²) in [5, 5.41) is 6.42. The van der Waals surface area contributed by atoms with E-state index in [4.69, 9.17) is 0 Å². The number of hydrogen-bond acceptors (Lipinski definition) is 3. The summed E-state index contributed by atoms with van der Waals surface area (Å²) in [7, 11) is 1.67. The van der Waals surface area contributed by atoms with E-state index in [2.05, 4.69) is 20.6 Å². The highest BCUT2D eigenvalue weighted by molar-refractivity contribution is 14.0. The van der Waals surface area contributed by atoms with E-state index in [-0.39, 0.29) is 35.6 Å². The normalized spacial score (nSPS) is 11.2. The van der Waals surface area contributed by atoms with Crippen molar-refractivity contribution < 1.29 is 8.78 Å². The molecule has 1 heterocycles. The van der Waals surface area contributed by atoms with Gasteiger partial charge >= 0.3 is 0 Å². The average molecular weight is 557 g/mol. The Balaban J connectivity index is 0.00000341. The maximum absolute atomic E-state index is 14.6. The number of nitrogens with one attached hydrogen (secondary N) is 2. The average Bonchev–Trinajstić information content (AvgIpc) is 3.15. The van der Waals surface area contributed by atoms with Crippen LogP contribution >= 0.6 is 35.7 Å². The predicted molar refractivity (Wildman–Crippen MR) is 134 cm³/mol. The van der Waals surface area contributed by atoms with Crippen molar-refractivity contribution in [3.63, 3.8) is 0 Å². The molecule has 0 unspecified atom stereocenters. The summed E-state index contributed by atoms with van der Waals surface area (Å²) in [5.74, 6) is 1.51. The number of aromatic nitrogens is 2. The number of imidazole rings is 1. The van der Waals surface area contributed by atoms with Gasteiger partial charge in [0.15, 0.2) is 5.96 Å². The molecular weight excluding hydrogens is 531 g/mol. The first-order valence-corrected chi connectivity index (χ1v) is 10.9. The molecule has 0 saturated carbocycles. The number of aliphatic imine (C=N–C) groups is 1. The van der Waals surface area contributed by atoms with Crippen LogP contribution in [-0.2, 0) is 18.8 Å². The van der Waals surface area contributed by atoms with Gasteiger partial charge in [0.1, 0.15) is 17.5 Å². The van der Waals surface area contributed by atoms with Crippen LogP contribution in [0.5, 0.6) is 0 Å². The molecule has 0 saturated heterocycles. The van der Waals surface area contributed by atoms with E-state index in [0.717, 1.165) is 28.3 Å². The lowest BCUT2D eigenvalue weighted by Crippen LogP contribution is -2.36. The number of guanidine groups is 1. The summed E-state index contributed by atoms with van der Waals surface area (Å²) in [6.07, 6.45) is 5.37. The van der Waals surface area contributed by atoms with Crippen LogP contribution < -0.4 is 10.6 Å². The van der Waals surface area contributed by atoms with Gasteiger partial charge in [-0.2, -0.15) is 11.8 Å². The number of benzene rings is 2. The van der Waals surface area contributed by atoms with E-state index < -0.39 is 0 Å². The number of thioether (sulfide) groups is 1. The van der Waals surface area contributed by atoms with E-state index in [0.29, 0.717) is 24.7 Å². The van der Waals surface area contributed by atoms with Gasteiger partial charge in [-0.15, -0.1) is 24.0 Å². The lowest BCUT2D eigenvalue weighted by atomic mass is 10.1. The second-order valence-electron chi connectivity index (χ2n) is 6.76. The third-order valence-electron chi connectivity index (χ3n) is 4.70. The van der Waals surface area contributed by atoms with E-state index in [1.54, 1.807) is 54.0 Å². The fourth-order valence-electron chi connectivity index (χ4n) is 3.13. The molecule has 0 aliphatic carbocycles. The molecule has 2 N–H and O–H groups in total. The minimum Gasteiger partial charge on any atom is -0.352 e. The summed E-state index contributed by atoms with van der Waals surface area (Å²) in [4.78, 5) is 8.35. The third kappa shape index (κ3) is 6.67. The molecule has 5 nitrogen and oxygen atoms in total. The van der Waals surface area contributed by atoms with Gasteiger partial charge in [-0.3, -0.25) is 4.99 Å². The van der Waals surface area contributed by atoms with Gasteiger partial charge < -0.3 is 15.2 Å². The van der Waals surface area contributed by atoms with Gasteiger partial charge in [-0.1, -0.05) is 12.1 Å². The minimum absolute atomic E-state index is 0. The Morgan fingerprint density at radius 1 is 1.10 bits per heavy atom. The fourth-order valence-corrected chi connectivity index (χ4v) is 3.71. The molecule has 0 bridgehead atoms. The smallest absolute Gasteiger partial charge is 0.191 e. The summed E-state index contributed by atoms with van der Waals surface area (Å²) in [5.41, 5.74) is 3.23. The van der Waals surface area contributed by atoms with Crippen LogP contribution in [0, 0.1) is 18.6 Å². The lowest BCUT2D eigenvalue weighted by Gasteiger charge is -2.15. The minimum atomic E-state index is -0.314. The molecule has 0 radical (unpaired) electrons. The standard InChI is InChI=1S/C22H25F2N5S.HI/c1-15-26-8-9-29(15)21-7-4-16(10-20(21)24)12-27-22(25-2)28-13-17-5-6-19(23)11-18(17)14-30-3;/h4-11H,12-14H2,1-3H3,(H2,25,27,28);1H. The molecule has 31 heavy (non-hydrogen) atoms. The molecule has 0 atom stereocenters. The van der Waals surface area contributed by atoms with Crippen LogP contribution in [0.3, 0.4) is 0 Å². The molecule has 0 aliphatic heterocycles. The fraction of sp³-hybridized carbons (Fsp3) is 0.273. The maximum Gasteiger partial charge on any atom is 0.191 e. The highest BCUT2D eigenvalue weighted by Crippen LogP contribution is 2.18. The Hall–Kier alpha value is -2.14. The first-order valence-electron chi connectivity index (χ1n) is 9.51. The Labute approximate surface area is 202 Å². The van der Waals surface area contributed by atoms with Crippen molar-refractivity contribution in [3.8, 4) is 5.69 Å². The Bertz CT molecular complexity index is 1040. The third-order valence-corrected chi connectivity index (χ3v) is 5.30. The molecule has 3 aromatic rings. The summed E-state index contributed by atoms with van der Waals surface area (Å²) >= 11 is 1.65. The van der Waals surface area contributed by atoms with Crippen molar-refractivity contribution in [2.45, 2.75) is 25.8 Å². The van der Waals surface area contributed by atoms with Gasteiger partial charge in [-0.05, 0) is 54.1 Å². The van der Waals surface area contributed by atoms with Crippen LogP contribution in [0.25, 0.3) is 5.69 Å². The molecule has 0 aliphatic rings. The SMILES string of the molecule is CN=C(NCc1ccc(-n2ccnc2C)c(F)c1)NCc1ccc(F)cc1CSC.I. The summed E-state index contributed by atoms with van der Waals surface area (Å²) in [6.45, 7) is 2.76. The first kappa shape index (κ1) is 25.1. The van der Waals surface area contributed by atoms with Gasteiger partial charge in [0.25, 0.3) is 0 Å². The zero-order valence-electron chi connectivity index (χ0n) is 17.7. The Morgan fingerprint density at radius 3 is 2.52 bits per heavy atom. The van der Waals surface area contributed by atoms with Crippen molar-refractivity contribution in [2.24, 2.45) is 4.99 Å². The molecule has 166 valence electrons. The van der Waals surface area contributed by atoms with Crippen LogP contribution in [0.15, 0.2) is 53.8 Å². The van der Waals surface area contributed by atoms with Gasteiger partial charge in [0, 0.05) is 38.3 Å². The number of rotatable bonds is 7. The van der Waals surface area contributed by atoms with Crippen molar-refractivity contribution in [1.29, 1.82) is 0 Å². The number of aryl methyl sites for hydroxylation is 1. The summed E-state index contributed by atoms with van der Waals surface area (Å²) in [6, 6.07) is 9.93. The second-order valence-corrected chi connectivity index (χ2v) is 7.62. The zero-order chi connectivity index (χ0) is 21.5. The topological polar surface area (TPSA) is 54.2 Å². The van der Waals surface area contributed by atoms with Crippen molar-refractivity contribution in [3.05, 3.63) is 82.9 Å². The van der Waals surface area contributed by atoms with Crippen LogP contribution in [0.2, 0.25) is 0 Å². The monoisotopic (exact) mass is 557 g/mol. The van der Waals surface area contributed by atoms with Gasteiger partial charge in [-0.25, -0.2) is 13.8 Å². The lowest BCUT2D eigenvalue weighted by molar-refractivity contribution is 0.613. The molecule has 0 amide bonds. The van der Waals surface area contributed by atoms with E-state index in [9.17, 15) is 8.78 Å². The zero-order valence-corrected chi connectivity index (χ0v) is 20.8. The first-order chi connectivity index (χ1) is 14.5. The molecule has 0 fully saturated rings. The van der Waals surface area contributed by atoms with Crippen LogP contribution in [0.4, 0.5) is 8.78 Å². The number of hydrogen-bond donors (Lipinski definition) is 2. The predicted octanol–water partition coefficient (Wildman–Crippen LogP) is 4.81. The quantitative estimate of drug-likeness (QED) is 0.249. The van der Waals surface area contributed by atoms with Crippen molar-refractivity contribution in [1.82, 2.24) is 20.2 Å². The number of halogens is 3. The maximum atomic E-state index is 14.6. The van der Waals surface area contributed by atoms with Crippen molar-refractivity contribution >= 4 is 41.7 Å². The Morgan fingerprint density at radius 2 is 1.87 bits per heavy atom. The van der Waals surface area contributed by atoms with E-state index in [1.807, 2.05) is 19.2 Å². The molecule has 3 rings (SSSR count). The highest BCUT2D eigenvalue weighted by atomic mass is 127. The molecule has 2 aromatic carbocycles. The van der Waals surface area contributed by atoms with Crippen LogP contribution in [0.1, 0.15) is 22.5 Å². The Kier molecular flexibility index (Phi) is 9.76. The summed E-state index contributed by atoms with van der Waals surface area (Å²) < 4.78 is 29.8. The number of nitrogens with zero attached hydrogens (tertiary/aromatic N) is 3. The molecule has 9 heteroatoms. The van der Waals surface area contributed by atoms with Crippen molar-refractivity contribution in [2.75, 3.05) is 13.3 Å². The molecule has 0 spiro atoms. The van der Waals surface area contributed by atoms with E-state index in [1.165, 1.54) is 12.1 Å². The largest absolute Gasteiger partial charge is 0.352 e. The van der Waals surface area contributed by atoms with Gasteiger partial charge in [0.05, 0.1) is 5.69 Å². The molecular formula is C22H26F2IN5S. The van der Waals surface area contributed by atoms with Crippen LogP contribution in [-0.4, -0.2) is 28.8 Å². The second kappa shape index (κ2) is 12.0. The molecule has 1 aromatic heterocycles. The van der Waals surface area contributed by atoms with Gasteiger partial charge in [0.2, 0.25) is 0 Å². The van der Waals surface area contributed by atoms with E-state index >= 15 is 0 Å².